The Morgan fingerprint density at radius 1 is 0.435 bits per heavy atom. The molecule has 0 atom stereocenters. The summed E-state index contributed by atoms with van der Waals surface area (Å²) in [5.74, 6) is 1.53. The van der Waals surface area contributed by atoms with Gasteiger partial charge in [-0.25, -0.2) is 15.0 Å². The molecule has 0 radical (unpaired) electrons. The summed E-state index contributed by atoms with van der Waals surface area (Å²) in [6.07, 6.45) is 0. The van der Waals surface area contributed by atoms with Gasteiger partial charge < -0.3 is 0 Å². The Kier molecular flexibility index (Phi) is 6.76. The SMILES string of the molecule is CC1(C)c2ccc(N(c3ccccc3)c3cccc(-c4ccccc4)c3)nc2-c2nc(-c3ccccc3)nc(-c3ccccc3)c21. The van der Waals surface area contributed by atoms with Gasteiger partial charge >= 0.3 is 0 Å². The Morgan fingerprint density at radius 3 is 1.65 bits per heavy atom. The van der Waals surface area contributed by atoms with Crippen molar-refractivity contribution in [3.05, 3.63) is 169 Å². The van der Waals surface area contributed by atoms with Crippen molar-refractivity contribution >= 4 is 17.2 Å². The van der Waals surface area contributed by atoms with Crippen molar-refractivity contribution < 1.29 is 0 Å². The summed E-state index contributed by atoms with van der Waals surface area (Å²) >= 11 is 0. The maximum atomic E-state index is 5.45. The lowest BCUT2D eigenvalue weighted by Crippen LogP contribution is -2.18. The lowest BCUT2D eigenvalue weighted by Gasteiger charge is -2.26. The number of para-hydroxylation sites is 1. The molecule has 0 unspecified atom stereocenters. The van der Waals surface area contributed by atoms with Gasteiger partial charge in [-0.1, -0.05) is 141 Å². The molecule has 8 rings (SSSR count). The second-order valence-electron chi connectivity index (χ2n) is 12.1. The molecule has 4 heteroatoms. The van der Waals surface area contributed by atoms with Gasteiger partial charge in [-0.05, 0) is 47.0 Å². The molecule has 0 bridgehead atoms. The molecule has 0 N–H and O–H groups in total. The minimum Gasteiger partial charge on any atom is -0.295 e. The Labute approximate surface area is 269 Å². The normalized spacial score (nSPS) is 12.7. The molecule has 0 saturated heterocycles. The first-order chi connectivity index (χ1) is 22.6. The maximum Gasteiger partial charge on any atom is 0.160 e. The topological polar surface area (TPSA) is 41.9 Å². The number of benzene rings is 5. The van der Waals surface area contributed by atoms with Gasteiger partial charge in [-0.15, -0.1) is 0 Å². The summed E-state index contributed by atoms with van der Waals surface area (Å²) < 4.78 is 0. The fourth-order valence-corrected chi connectivity index (χ4v) is 6.58. The molecule has 1 aliphatic carbocycles. The number of nitrogens with zero attached hydrogens (tertiary/aromatic N) is 4. The molecule has 0 aliphatic heterocycles. The van der Waals surface area contributed by atoms with Crippen molar-refractivity contribution in [2.45, 2.75) is 19.3 Å². The molecule has 0 fully saturated rings. The highest BCUT2D eigenvalue weighted by atomic mass is 15.2. The molecular weight excluding hydrogens is 560 g/mol. The van der Waals surface area contributed by atoms with Crippen LogP contribution in [0.4, 0.5) is 17.2 Å². The molecular formula is C42H32N4. The van der Waals surface area contributed by atoms with Gasteiger partial charge in [0.1, 0.15) is 5.82 Å². The third-order valence-corrected chi connectivity index (χ3v) is 8.85. The predicted octanol–water partition coefficient (Wildman–Crippen LogP) is 10.6. The van der Waals surface area contributed by atoms with E-state index in [-0.39, 0.29) is 5.41 Å². The van der Waals surface area contributed by atoms with E-state index < -0.39 is 0 Å². The molecule has 1 aliphatic rings. The highest BCUT2D eigenvalue weighted by molar-refractivity contribution is 5.86. The Hall–Kier alpha value is -5.87. The van der Waals surface area contributed by atoms with Gasteiger partial charge in [0.2, 0.25) is 0 Å². The molecule has 0 amide bonds. The van der Waals surface area contributed by atoms with E-state index in [2.05, 4.69) is 140 Å². The number of pyridine rings is 1. The summed E-state index contributed by atoms with van der Waals surface area (Å²) in [7, 11) is 0. The van der Waals surface area contributed by atoms with Gasteiger partial charge in [-0.3, -0.25) is 4.90 Å². The molecule has 2 aromatic heterocycles. The van der Waals surface area contributed by atoms with Crippen molar-refractivity contribution in [1.29, 1.82) is 0 Å². The van der Waals surface area contributed by atoms with Crippen molar-refractivity contribution in [2.24, 2.45) is 0 Å². The van der Waals surface area contributed by atoms with E-state index in [0.717, 1.165) is 62.1 Å². The smallest absolute Gasteiger partial charge is 0.160 e. The maximum absolute atomic E-state index is 5.45. The van der Waals surface area contributed by atoms with E-state index in [1.165, 1.54) is 5.56 Å². The third-order valence-electron chi connectivity index (χ3n) is 8.85. The zero-order valence-corrected chi connectivity index (χ0v) is 25.8. The van der Waals surface area contributed by atoms with Crippen molar-refractivity contribution in [3.63, 3.8) is 0 Å². The van der Waals surface area contributed by atoms with E-state index >= 15 is 0 Å². The molecule has 220 valence electrons. The fraction of sp³-hybridized carbons (Fsp3) is 0.0714. The van der Waals surface area contributed by atoms with Crippen LogP contribution in [0.15, 0.2) is 158 Å². The second-order valence-corrected chi connectivity index (χ2v) is 12.1. The molecule has 0 spiro atoms. The summed E-state index contributed by atoms with van der Waals surface area (Å²) in [6, 6.07) is 54.6. The van der Waals surface area contributed by atoms with Gasteiger partial charge in [0.25, 0.3) is 0 Å². The number of fused-ring (bicyclic) bond motifs is 3. The van der Waals surface area contributed by atoms with Gasteiger partial charge in [0.05, 0.1) is 17.1 Å². The van der Waals surface area contributed by atoms with E-state index in [1.54, 1.807) is 0 Å². The summed E-state index contributed by atoms with van der Waals surface area (Å²) in [4.78, 5) is 18.1. The molecule has 7 aromatic rings. The quantitative estimate of drug-likeness (QED) is 0.193. The Bertz CT molecular complexity index is 2160. The molecule has 46 heavy (non-hydrogen) atoms. The molecule has 5 aromatic carbocycles. The van der Waals surface area contributed by atoms with Gasteiger partial charge in [0.15, 0.2) is 5.82 Å². The third kappa shape index (κ3) is 4.76. The lowest BCUT2D eigenvalue weighted by molar-refractivity contribution is 0.656. The number of rotatable bonds is 6. The van der Waals surface area contributed by atoms with Crippen LogP contribution in [-0.4, -0.2) is 15.0 Å². The zero-order chi connectivity index (χ0) is 31.1. The molecule has 2 heterocycles. The largest absolute Gasteiger partial charge is 0.295 e. The van der Waals surface area contributed by atoms with Gasteiger partial charge in [-0.2, -0.15) is 0 Å². The number of hydrogen-bond acceptors (Lipinski definition) is 4. The van der Waals surface area contributed by atoms with Crippen LogP contribution in [-0.2, 0) is 5.41 Å². The van der Waals surface area contributed by atoms with E-state index in [0.29, 0.717) is 5.82 Å². The van der Waals surface area contributed by atoms with Crippen molar-refractivity contribution in [3.8, 4) is 45.2 Å². The van der Waals surface area contributed by atoms with E-state index in [4.69, 9.17) is 15.0 Å². The van der Waals surface area contributed by atoms with Crippen LogP contribution in [0.1, 0.15) is 25.0 Å². The predicted molar refractivity (Wildman–Crippen MR) is 188 cm³/mol. The standard InChI is InChI=1S/C42H32N4/c1-42(2)35-26-27-36(46(33-23-13-6-14-24-33)34-25-15-22-32(28-34)29-16-7-3-8-17-29)43-39(35)40-37(42)38(30-18-9-4-10-19-30)44-41(45-40)31-20-11-5-12-21-31/h3-28H,1-2H3. The summed E-state index contributed by atoms with van der Waals surface area (Å²) in [6.45, 7) is 4.52. The van der Waals surface area contributed by atoms with Crippen LogP contribution in [0.2, 0.25) is 0 Å². The highest BCUT2D eigenvalue weighted by Crippen LogP contribution is 2.51. The minimum atomic E-state index is -0.346. The Morgan fingerprint density at radius 2 is 0.978 bits per heavy atom. The highest BCUT2D eigenvalue weighted by Gasteiger charge is 2.41. The van der Waals surface area contributed by atoms with Crippen LogP contribution < -0.4 is 4.90 Å². The average molecular weight is 593 g/mol. The summed E-state index contributed by atoms with van der Waals surface area (Å²) in [5.41, 5.74) is 11.1. The van der Waals surface area contributed by atoms with Crippen molar-refractivity contribution in [1.82, 2.24) is 15.0 Å². The van der Waals surface area contributed by atoms with E-state index in [1.807, 2.05) is 36.4 Å². The Balaban J connectivity index is 1.34. The summed E-state index contributed by atoms with van der Waals surface area (Å²) in [5, 5.41) is 0. The minimum absolute atomic E-state index is 0.346. The molecule has 4 nitrogen and oxygen atoms in total. The fourth-order valence-electron chi connectivity index (χ4n) is 6.58. The number of hydrogen-bond donors (Lipinski definition) is 0. The molecule has 0 saturated carbocycles. The van der Waals surface area contributed by atoms with Crippen LogP contribution in [0.25, 0.3) is 45.2 Å². The number of anilines is 3. The van der Waals surface area contributed by atoms with Crippen molar-refractivity contribution in [2.75, 3.05) is 4.90 Å². The first-order valence-corrected chi connectivity index (χ1v) is 15.6. The average Bonchev–Trinajstić information content (AvgIpc) is 3.35. The van der Waals surface area contributed by atoms with Crippen LogP contribution in [0, 0.1) is 0 Å². The van der Waals surface area contributed by atoms with E-state index in [9.17, 15) is 0 Å². The zero-order valence-electron chi connectivity index (χ0n) is 25.8. The monoisotopic (exact) mass is 592 g/mol. The van der Waals surface area contributed by atoms with Crippen LogP contribution >= 0.6 is 0 Å². The first kappa shape index (κ1) is 27.7. The van der Waals surface area contributed by atoms with Crippen LogP contribution in [0.5, 0.6) is 0 Å². The second kappa shape index (κ2) is 11.2. The van der Waals surface area contributed by atoms with Gasteiger partial charge in [0, 0.05) is 33.5 Å². The first-order valence-electron chi connectivity index (χ1n) is 15.6. The number of aromatic nitrogens is 3. The lowest BCUT2D eigenvalue weighted by atomic mass is 9.81. The van der Waals surface area contributed by atoms with Crippen LogP contribution in [0.3, 0.4) is 0 Å².